The lowest BCUT2D eigenvalue weighted by molar-refractivity contribution is 0.0950. The average Bonchev–Trinajstić information content (AvgIpc) is 3.34. The molecule has 166 valence electrons. The van der Waals surface area contributed by atoms with Crippen LogP contribution in [0, 0.1) is 12.8 Å². The van der Waals surface area contributed by atoms with Gasteiger partial charge in [0, 0.05) is 15.5 Å². The summed E-state index contributed by atoms with van der Waals surface area (Å²) < 4.78 is 5.69. The monoisotopic (exact) mass is 487 g/mol. The van der Waals surface area contributed by atoms with Gasteiger partial charge >= 0.3 is 0 Å². The molecule has 2 amide bonds. The SMILES string of the molecule is Cc1ccc(-c2ccc(C(=O)NC(=S)Nc3sc4c(c3C(N)=O)CC[C@@H](C)C4)o2)cc1Cl. The fourth-order valence-electron chi connectivity index (χ4n) is 3.76. The Morgan fingerprint density at radius 1 is 1.28 bits per heavy atom. The molecule has 4 N–H and O–H groups in total. The number of hydrogen-bond acceptors (Lipinski definition) is 5. The summed E-state index contributed by atoms with van der Waals surface area (Å²) >= 11 is 13.0. The Kier molecular flexibility index (Phi) is 6.37. The van der Waals surface area contributed by atoms with Gasteiger partial charge in [-0.1, -0.05) is 30.7 Å². The second kappa shape index (κ2) is 9.05. The summed E-state index contributed by atoms with van der Waals surface area (Å²) in [7, 11) is 0. The van der Waals surface area contributed by atoms with Gasteiger partial charge in [0.05, 0.1) is 5.56 Å². The van der Waals surface area contributed by atoms with Crippen LogP contribution < -0.4 is 16.4 Å². The Hall–Kier alpha value is -2.68. The van der Waals surface area contributed by atoms with Crippen molar-refractivity contribution in [2.75, 3.05) is 5.32 Å². The largest absolute Gasteiger partial charge is 0.451 e. The summed E-state index contributed by atoms with van der Waals surface area (Å²) in [6, 6.07) is 8.82. The van der Waals surface area contributed by atoms with Gasteiger partial charge in [-0.2, -0.15) is 0 Å². The van der Waals surface area contributed by atoms with Crippen LogP contribution in [0.15, 0.2) is 34.7 Å². The molecule has 1 aliphatic carbocycles. The molecule has 0 bridgehead atoms. The molecule has 9 heteroatoms. The van der Waals surface area contributed by atoms with Crippen molar-refractivity contribution in [3.8, 4) is 11.3 Å². The number of fused-ring (bicyclic) bond motifs is 1. The molecule has 0 unspecified atom stereocenters. The van der Waals surface area contributed by atoms with E-state index in [1.54, 1.807) is 18.2 Å². The van der Waals surface area contributed by atoms with E-state index in [2.05, 4.69) is 17.6 Å². The molecule has 4 rings (SSSR count). The van der Waals surface area contributed by atoms with Crippen LogP contribution >= 0.6 is 35.2 Å². The molecule has 1 aliphatic rings. The van der Waals surface area contributed by atoms with Crippen molar-refractivity contribution in [2.24, 2.45) is 11.7 Å². The van der Waals surface area contributed by atoms with Gasteiger partial charge in [-0.25, -0.2) is 0 Å². The normalized spacial score (nSPS) is 15.2. The Bertz CT molecular complexity index is 1230. The number of carbonyl (C=O) groups excluding carboxylic acids is 2. The molecule has 6 nitrogen and oxygen atoms in total. The lowest BCUT2D eigenvalue weighted by Gasteiger charge is -2.18. The smallest absolute Gasteiger partial charge is 0.293 e. The van der Waals surface area contributed by atoms with Gasteiger partial charge in [0.1, 0.15) is 10.8 Å². The topological polar surface area (TPSA) is 97.4 Å². The molecule has 2 heterocycles. The highest BCUT2D eigenvalue weighted by Crippen LogP contribution is 2.39. The van der Waals surface area contributed by atoms with E-state index in [1.807, 2.05) is 19.1 Å². The van der Waals surface area contributed by atoms with E-state index in [4.69, 9.17) is 34.0 Å². The number of primary amides is 1. The number of hydrogen-bond donors (Lipinski definition) is 3. The van der Waals surface area contributed by atoms with Crippen molar-refractivity contribution < 1.29 is 14.0 Å². The van der Waals surface area contributed by atoms with Crippen molar-refractivity contribution >= 4 is 57.1 Å². The van der Waals surface area contributed by atoms with E-state index in [-0.39, 0.29) is 10.9 Å². The summed E-state index contributed by atoms with van der Waals surface area (Å²) in [6.45, 7) is 4.10. The molecule has 1 aromatic carbocycles. The second-order valence-electron chi connectivity index (χ2n) is 7.96. The fraction of sp³-hybridized carbons (Fsp3) is 0.261. The maximum absolute atomic E-state index is 12.6. The first-order chi connectivity index (χ1) is 15.2. The molecule has 0 radical (unpaired) electrons. The van der Waals surface area contributed by atoms with Crippen LogP contribution in [0.1, 0.15) is 50.3 Å². The van der Waals surface area contributed by atoms with Crippen LogP contribution in [-0.2, 0) is 12.8 Å². The minimum atomic E-state index is -0.499. The van der Waals surface area contributed by atoms with Gasteiger partial charge in [-0.15, -0.1) is 11.3 Å². The Balaban J connectivity index is 1.47. The molecule has 0 spiro atoms. The predicted molar refractivity (Wildman–Crippen MR) is 132 cm³/mol. The number of anilines is 1. The van der Waals surface area contributed by atoms with E-state index in [0.29, 0.717) is 27.3 Å². The zero-order valence-electron chi connectivity index (χ0n) is 17.6. The van der Waals surface area contributed by atoms with Crippen molar-refractivity contribution in [2.45, 2.75) is 33.1 Å². The first kappa shape index (κ1) is 22.5. The molecule has 2 aromatic heterocycles. The summed E-state index contributed by atoms with van der Waals surface area (Å²) in [4.78, 5) is 25.8. The third kappa shape index (κ3) is 4.57. The van der Waals surface area contributed by atoms with Gasteiger partial charge in [-0.05, 0) is 73.6 Å². The third-order valence-corrected chi connectivity index (χ3v) is 7.28. The maximum atomic E-state index is 12.6. The minimum absolute atomic E-state index is 0.0699. The zero-order valence-corrected chi connectivity index (χ0v) is 20.0. The van der Waals surface area contributed by atoms with E-state index >= 15 is 0 Å². The predicted octanol–water partition coefficient (Wildman–Crippen LogP) is 5.32. The number of rotatable bonds is 4. The summed E-state index contributed by atoms with van der Waals surface area (Å²) in [5.41, 5.74) is 8.81. The number of halogens is 1. The highest BCUT2D eigenvalue weighted by atomic mass is 35.5. The minimum Gasteiger partial charge on any atom is -0.451 e. The van der Waals surface area contributed by atoms with Crippen LogP contribution in [-0.4, -0.2) is 16.9 Å². The number of furan rings is 1. The van der Waals surface area contributed by atoms with Crippen molar-refractivity contribution in [3.63, 3.8) is 0 Å². The lowest BCUT2D eigenvalue weighted by Crippen LogP contribution is -2.34. The standard InChI is InChI=1S/C23H22ClN3O3S2/c1-11-3-6-14-18(9-11)32-22(19(14)20(25)28)27-23(31)26-21(29)17-8-7-16(30-17)13-5-4-12(2)15(24)10-13/h4-5,7-8,10-11H,3,6,9H2,1-2H3,(H2,25,28)(H2,26,27,29,31)/t11-/m1/s1. The van der Waals surface area contributed by atoms with Crippen molar-refractivity contribution in [1.29, 1.82) is 0 Å². The van der Waals surface area contributed by atoms with E-state index in [9.17, 15) is 9.59 Å². The van der Waals surface area contributed by atoms with E-state index in [1.165, 1.54) is 11.3 Å². The first-order valence-electron chi connectivity index (χ1n) is 10.2. The number of thiophene rings is 1. The number of benzene rings is 1. The third-order valence-electron chi connectivity index (χ3n) is 5.50. The quantitative estimate of drug-likeness (QED) is 0.432. The average molecular weight is 488 g/mol. The van der Waals surface area contributed by atoms with Crippen molar-refractivity contribution in [3.05, 3.63) is 62.7 Å². The molecular weight excluding hydrogens is 466 g/mol. The van der Waals surface area contributed by atoms with E-state index < -0.39 is 11.8 Å². The fourth-order valence-corrected chi connectivity index (χ4v) is 5.62. The number of carbonyl (C=O) groups is 2. The molecule has 0 aliphatic heterocycles. The van der Waals surface area contributed by atoms with Crippen LogP contribution in [0.3, 0.4) is 0 Å². The first-order valence-corrected chi connectivity index (χ1v) is 11.8. The highest BCUT2D eigenvalue weighted by molar-refractivity contribution is 7.80. The molecular formula is C23H22ClN3O3S2. The van der Waals surface area contributed by atoms with Crippen LogP contribution in [0.2, 0.25) is 5.02 Å². The Labute approximate surface area is 200 Å². The van der Waals surface area contributed by atoms with Crippen LogP contribution in [0.25, 0.3) is 11.3 Å². The maximum Gasteiger partial charge on any atom is 0.293 e. The molecule has 0 saturated heterocycles. The number of thiocarbonyl (C=S) groups is 1. The van der Waals surface area contributed by atoms with Gasteiger partial charge in [0.25, 0.3) is 11.8 Å². The number of nitrogens with two attached hydrogens (primary N) is 1. The van der Waals surface area contributed by atoms with E-state index in [0.717, 1.165) is 40.8 Å². The lowest BCUT2D eigenvalue weighted by atomic mass is 9.88. The molecule has 0 saturated carbocycles. The number of amides is 2. The van der Waals surface area contributed by atoms with Crippen LogP contribution in [0.5, 0.6) is 0 Å². The van der Waals surface area contributed by atoms with Crippen LogP contribution in [0.4, 0.5) is 5.00 Å². The Morgan fingerprint density at radius 3 is 2.78 bits per heavy atom. The zero-order chi connectivity index (χ0) is 23.0. The summed E-state index contributed by atoms with van der Waals surface area (Å²) in [5.74, 6) is 0.184. The molecule has 1 atom stereocenters. The molecule has 0 fully saturated rings. The number of aryl methyl sites for hydroxylation is 1. The summed E-state index contributed by atoms with van der Waals surface area (Å²) in [6.07, 6.45) is 2.72. The molecule has 32 heavy (non-hydrogen) atoms. The number of nitrogens with one attached hydrogen (secondary N) is 2. The van der Waals surface area contributed by atoms with Crippen molar-refractivity contribution in [1.82, 2.24) is 5.32 Å². The van der Waals surface area contributed by atoms with Gasteiger partial charge in [0.2, 0.25) is 0 Å². The molecule has 3 aromatic rings. The van der Waals surface area contributed by atoms with Gasteiger partial charge in [-0.3, -0.25) is 14.9 Å². The van der Waals surface area contributed by atoms with Gasteiger partial charge < -0.3 is 15.5 Å². The summed E-state index contributed by atoms with van der Waals surface area (Å²) in [5, 5.41) is 6.83. The Morgan fingerprint density at radius 2 is 2.06 bits per heavy atom. The second-order valence-corrected chi connectivity index (χ2v) is 9.88. The van der Waals surface area contributed by atoms with Gasteiger partial charge in [0.15, 0.2) is 10.9 Å². The highest BCUT2D eigenvalue weighted by Gasteiger charge is 2.27.